The maximum atomic E-state index is 12.3. The van der Waals surface area contributed by atoms with Crippen LogP contribution in [0.25, 0.3) is 0 Å². The van der Waals surface area contributed by atoms with Crippen molar-refractivity contribution in [3.05, 3.63) is 37.7 Å². The van der Waals surface area contributed by atoms with E-state index >= 15 is 0 Å². The lowest BCUT2D eigenvalue weighted by Gasteiger charge is -2.11. The zero-order valence-corrected chi connectivity index (χ0v) is 12.3. The summed E-state index contributed by atoms with van der Waals surface area (Å²) in [5, 5.41) is 6.73. The number of halogens is 4. The lowest BCUT2D eigenvalue weighted by Crippen LogP contribution is -2.30. The van der Waals surface area contributed by atoms with Gasteiger partial charge in [-0.2, -0.15) is 18.3 Å². The molecule has 2 heterocycles. The fourth-order valence-corrected chi connectivity index (χ4v) is 2.46. The first-order valence-electron chi connectivity index (χ1n) is 5.74. The average Bonchev–Trinajstić information content (AvgIpc) is 2.79. The summed E-state index contributed by atoms with van der Waals surface area (Å²) >= 11 is 7.24. The van der Waals surface area contributed by atoms with Crippen molar-refractivity contribution >= 4 is 28.6 Å². The van der Waals surface area contributed by atoms with Gasteiger partial charge >= 0.3 is 6.18 Å². The number of rotatable bonds is 4. The van der Waals surface area contributed by atoms with E-state index in [1.807, 2.05) is 6.92 Å². The van der Waals surface area contributed by atoms with Crippen molar-refractivity contribution in [3.8, 4) is 0 Å². The quantitative estimate of drug-likeness (QED) is 0.931. The average molecular weight is 339 g/mol. The Morgan fingerprint density at radius 3 is 2.71 bits per heavy atom. The molecule has 0 aromatic carbocycles. The van der Waals surface area contributed by atoms with Crippen molar-refractivity contribution < 1.29 is 13.2 Å². The molecule has 2 aromatic rings. The highest BCUT2D eigenvalue weighted by molar-refractivity contribution is 7.11. The standard InChI is InChI=1S/C11H10ClF3N4OS/c1-6-2-17-8(21-6)4-16-7-3-18-19(5-11(13,14)15)10(20)9(7)12/h2-3,16H,4-5H2,1H3. The van der Waals surface area contributed by atoms with Gasteiger partial charge in [-0.1, -0.05) is 11.6 Å². The molecule has 0 aliphatic carbocycles. The Morgan fingerprint density at radius 1 is 1.43 bits per heavy atom. The number of thiazole rings is 1. The van der Waals surface area contributed by atoms with Gasteiger partial charge in [0, 0.05) is 11.1 Å². The number of anilines is 1. The third-order valence-electron chi connectivity index (χ3n) is 2.41. The number of nitrogens with one attached hydrogen (secondary N) is 1. The van der Waals surface area contributed by atoms with Crippen LogP contribution in [0.3, 0.4) is 0 Å². The monoisotopic (exact) mass is 338 g/mol. The van der Waals surface area contributed by atoms with Crippen LogP contribution < -0.4 is 10.9 Å². The van der Waals surface area contributed by atoms with Gasteiger partial charge in [0.1, 0.15) is 16.6 Å². The summed E-state index contributed by atoms with van der Waals surface area (Å²) in [5.41, 5.74) is -0.817. The molecule has 0 aliphatic rings. The summed E-state index contributed by atoms with van der Waals surface area (Å²) in [7, 11) is 0. The summed E-state index contributed by atoms with van der Waals surface area (Å²) in [5.74, 6) is 0. The first kappa shape index (κ1) is 15.8. The Bertz CT molecular complexity index is 698. The van der Waals surface area contributed by atoms with Crippen molar-refractivity contribution in [3.63, 3.8) is 0 Å². The van der Waals surface area contributed by atoms with E-state index in [1.54, 1.807) is 6.20 Å². The summed E-state index contributed by atoms with van der Waals surface area (Å²) in [6, 6.07) is 0. The SMILES string of the molecule is Cc1cnc(CNc2cnn(CC(F)(F)F)c(=O)c2Cl)s1. The van der Waals surface area contributed by atoms with Crippen molar-refractivity contribution in [2.45, 2.75) is 26.2 Å². The molecule has 0 unspecified atom stereocenters. The summed E-state index contributed by atoms with van der Waals surface area (Å²) in [6.07, 6.45) is -1.74. The van der Waals surface area contributed by atoms with Gasteiger partial charge < -0.3 is 5.32 Å². The Hall–Kier alpha value is -1.61. The fraction of sp³-hybridized carbons (Fsp3) is 0.364. The first-order valence-corrected chi connectivity index (χ1v) is 6.93. The lowest BCUT2D eigenvalue weighted by molar-refractivity contribution is -0.143. The molecular formula is C11H10ClF3N4OS. The van der Waals surface area contributed by atoms with Crippen LogP contribution in [0.5, 0.6) is 0 Å². The maximum absolute atomic E-state index is 12.3. The van der Waals surface area contributed by atoms with E-state index in [0.717, 1.165) is 16.1 Å². The summed E-state index contributed by atoms with van der Waals surface area (Å²) in [4.78, 5) is 16.8. The van der Waals surface area contributed by atoms with Gasteiger partial charge in [0.05, 0.1) is 18.4 Å². The topological polar surface area (TPSA) is 59.8 Å². The van der Waals surface area contributed by atoms with Crippen molar-refractivity contribution in [2.24, 2.45) is 0 Å². The zero-order chi connectivity index (χ0) is 15.6. The van der Waals surface area contributed by atoms with Gasteiger partial charge in [-0.25, -0.2) is 9.67 Å². The second-order valence-corrected chi connectivity index (χ2v) is 5.87. The van der Waals surface area contributed by atoms with E-state index in [0.29, 0.717) is 6.54 Å². The van der Waals surface area contributed by atoms with E-state index in [2.05, 4.69) is 15.4 Å². The van der Waals surface area contributed by atoms with E-state index < -0.39 is 18.3 Å². The molecule has 0 radical (unpaired) electrons. The van der Waals surface area contributed by atoms with Crippen molar-refractivity contribution in [1.29, 1.82) is 0 Å². The van der Waals surface area contributed by atoms with Gasteiger partial charge in [0.15, 0.2) is 0 Å². The number of nitrogens with zero attached hydrogens (tertiary/aromatic N) is 3. The fourth-order valence-electron chi connectivity index (χ4n) is 1.52. The third kappa shape index (κ3) is 4.18. The molecule has 0 spiro atoms. The highest BCUT2D eigenvalue weighted by atomic mass is 35.5. The molecule has 2 aromatic heterocycles. The molecule has 2 rings (SSSR count). The number of aryl methyl sites for hydroxylation is 1. The molecule has 0 amide bonds. The Kier molecular flexibility index (Phi) is 4.52. The van der Waals surface area contributed by atoms with Crippen LogP contribution >= 0.6 is 22.9 Å². The predicted molar refractivity (Wildman–Crippen MR) is 73.7 cm³/mol. The molecule has 0 bridgehead atoms. The molecule has 10 heteroatoms. The minimum absolute atomic E-state index is 0.174. The molecule has 5 nitrogen and oxygen atoms in total. The van der Waals surface area contributed by atoms with Crippen LogP contribution in [0.15, 0.2) is 17.2 Å². The zero-order valence-electron chi connectivity index (χ0n) is 10.7. The van der Waals surface area contributed by atoms with Crippen LogP contribution in [0.4, 0.5) is 18.9 Å². The number of hydrogen-bond donors (Lipinski definition) is 1. The van der Waals surface area contributed by atoms with Gasteiger partial charge in [0.25, 0.3) is 5.56 Å². The van der Waals surface area contributed by atoms with E-state index in [4.69, 9.17) is 11.6 Å². The molecule has 0 saturated carbocycles. The third-order valence-corrected chi connectivity index (χ3v) is 3.69. The van der Waals surface area contributed by atoms with E-state index in [9.17, 15) is 18.0 Å². The van der Waals surface area contributed by atoms with Crippen molar-refractivity contribution in [1.82, 2.24) is 14.8 Å². The van der Waals surface area contributed by atoms with E-state index in [1.165, 1.54) is 11.3 Å². The number of hydrogen-bond acceptors (Lipinski definition) is 5. The number of alkyl halides is 3. The minimum atomic E-state index is -4.53. The summed E-state index contributed by atoms with van der Waals surface area (Å²) in [6.45, 7) is 0.730. The highest BCUT2D eigenvalue weighted by Gasteiger charge is 2.29. The molecule has 0 atom stereocenters. The van der Waals surface area contributed by atoms with Gasteiger partial charge in [-0.05, 0) is 6.92 Å². The van der Waals surface area contributed by atoms with Crippen LogP contribution in [0, 0.1) is 6.92 Å². The maximum Gasteiger partial charge on any atom is 0.408 e. The second-order valence-electron chi connectivity index (χ2n) is 4.17. The Balaban J connectivity index is 2.15. The molecule has 0 fully saturated rings. The van der Waals surface area contributed by atoms with Gasteiger partial charge in [-0.15, -0.1) is 11.3 Å². The second kappa shape index (κ2) is 6.02. The largest absolute Gasteiger partial charge is 0.408 e. The molecule has 0 aliphatic heterocycles. The number of aromatic nitrogens is 3. The lowest BCUT2D eigenvalue weighted by atomic mass is 10.4. The smallest absolute Gasteiger partial charge is 0.376 e. The Labute approximate surface area is 126 Å². The van der Waals surface area contributed by atoms with Crippen LogP contribution in [-0.2, 0) is 13.1 Å². The Morgan fingerprint density at radius 2 is 2.14 bits per heavy atom. The van der Waals surface area contributed by atoms with Crippen LogP contribution in [0.1, 0.15) is 9.88 Å². The van der Waals surface area contributed by atoms with Crippen LogP contribution in [0.2, 0.25) is 5.02 Å². The van der Waals surface area contributed by atoms with Gasteiger partial charge in [0.2, 0.25) is 0 Å². The van der Waals surface area contributed by atoms with Crippen molar-refractivity contribution in [2.75, 3.05) is 5.32 Å². The molecule has 114 valence electrons. The molecular weight excluding hydrogens is 329 g/mol. The van der Waals surface area contributed by atoms with Gasteiger partial charge in [-0.3, -0.25) is 4.79 Å². The predicted octanol–water partition coefficient (Wildman–Crippen LogP) is 2.84. The molecule has 21 heavy (non-hydrogen) atoms. The molecule has 1 N–H and O–H groups in total. The summed E-state index contributed by atoms with van der Waals surface area (Å²) < 4.78 is 37.1. The van der Waals surface area contributed by atoms with Crippen LogP contribution in [-0.4, -0.2) is 20.9 Å². The molecule has 0 saturated heterocycles. The normalized spacial score (nSPS) is 11.7. The minimum Gasteiger partial charge on any atom is -0.376 e. The first-order chi connectivity index (χ1) is 9.76. The van der Waals surface area contributed by atoms with E-state index in [-0.39, 0.29) is 15.4 Å². The highest BCUT2D eigenvalue weighted by Crippen LogP contribution is 2.20.